The van der Waals surface area contributed by atoms with Crippen molar-refractivity contribution in [3.63, 3.8) is 0 Å². The second-order valence-corrected chi connectivity index (χ2v) is 1.08. The molecule has 0 aromatic carbocycles. The SMILES string of the molecule is O=CC(=O)ON(O)C(=O)O. The molecule has 56 valence electrons. The molecule has 0 saturated carbocycles. The van der Waals surface area contributed by atoms with Crippen molar-refractivity contribution in [2.75, 3.05) is 0 Å². The van der Waals surface area contributed by atoms with E-state index in [2.05, 4.69) is 4.84 Å². The van der Waals surface area contributed by atoms with Crippen LogP contribution in [0.2, 0.25) is 0 Å². The third-order valence-electron chi connectivity index (χ3n) is 0.436. The Labute approximate surface area is 54.3 Å². The Hall–Kier alpha value is -1.63. The zero-order valence-corrected chi connectivity index (χ0v) is 4.55. The van der Waals surface area contributed by atoms with Crippen LogP contribution in [0.5, 0.6) is 0 Å². The van der Waals surface area contributed by atoms with E-state index in [4.69, 9.17) is 10.3 Å². The molecular formula is C3H3NO6. The molecule has 0 aromatic rings. The van der Waals surface area contributed by atoms with Gasteiger partial charge in [0.1, 0.15) is 0 Å². The maximum Gasteiger partial charge on any atom is 0.466 e. The second kappa shape index (κ2) is 3.41. The fourth-order valence-electron chi connectivity index (χ4n) is 0.146. The standard InChI is InChI=1S/C3H3NO6/c5-1-2(6)10-4(9)3(7)8/h1,9H,(H,7,8). The van der Waals surface area contributed by atoms with E-state index in [9.17, 15) is 14.4 Å². The van der Waals surface area contributed by atoms with Crippen LogP contribution in [0.25, 0.3) is 0 Å². The minimum Gasteiger partial charge on any atom is -0.461 e. The first kappa shape index (κ1) is 8.37. The second-order valence-electron chi connectivity index (χ2n) is 1.08. The van der Waals surface area contributed by atoms with Gasteiger partial charge in [0.25, 0.3) is 0 Å². The van der Waals surface area contributed by atoms with E-state index in [-0.39, 0.29) is 6.29 Å². The van der Waals surface area contributed by atoms with Gasteiger partial charge >= 0.3 is 12.1 Å². The van der Waals surface area contributed by atoms with E-state index in [0.717, 1.165) is 0 Å². The highest BCUT2D eigenvalue weighted by Crippen LogP contribution is 1.83. The summed E-state index contributed by atoms with van der Waals surface area (Å²) in [6.45, 7) is 0. The number of carbonyl (C=O) groups excluding carboxylic acids is 2. The summed E-state index contributed by atoms with van der Waals surface area (Å²) in [5.74, 6) is -1.50. The minimum absolute atomic E-state index is 0.286. The molecule has 7 nitrogen and oxygen atoms in total. The number of rotatable bonds is 1. The normalized spacial score (nSPS) is 8.10. The molecule has 0 fully saturated rings. The van der Waals surface area contributed by atoms with Gasteiger partial charge in [-0.3, -0.25) is 4.79 Å². The quantitative estimate of drug-likeness (QED) is 0.215. The van der Waals surface area contributed by atoms with Crippen LogP contribution in [0, 0.1) is 0 Å². The van der Waals surface area contributed by atoms with Gasteiger partial charge in [-0.1, -0.05) is 0 Å². The molecule has 0 aliphatic carbocycles. The number of nitrogens with zero attached hydrogens (tertiary/aromatic N) is 1. The van der Waals surface area contributed by atoms with Crippen molar-refractivity contribution in [3.05, 3.63) is 0 Å². The summed E-state index contributed by atoms with van der Waals surface area (Å²) >= 11 is 0. The van der Waals surface area contributed by atoms with Crippen molar-refractivity contribution in [1.29, 1.82) is 0 Å². The Balaban J connectivity index is 3.79. The van der Waals surface area contributed by atoms with E-state index in [0.29, 0.717) is 0 Å². The van der Waals surface area contributed by atoms with E-state index in [1.54, 1.807) is 0 Å². The van der Waals surface area contributed by atoms with Crippen LogP contribution < -0.4 is 0 Å². The molecule has 0 saturated heterocycles. The summed E-state index contributed by atoms with van der Waals surface area (Å²) < 4.78 is 0. The Morgan fingerprint density at radius 3 is 2.30 bits per heavy atom. The van der Waals surface area contributed by atoms with Gasteiger partial charge in [-0.05, 0) is 0 Å². The molecule has 0 spiro atoms. The monoisotopic (exact) mass is 149 g/mol. The lowest BCUT2D eigenvalue weighted by Crippen LogP contribution is -2.29. The van der Waals surface area contributed by atoms with Crippen molar-refractivity contribution in [1.82, 2.24) is 5.23 Å². The highest BCUT2D eigenvalue weighted by atomic mass is 16.9. The first-order valence-corrected chi connectivity index (χ1v) is 1.97. The summed E-state index contributed by atoms with van der Waals surface area (Å²) in [4.78, 5) is 32.4. The summed E-state index contributed by atoms with van der Waals surface area (Å²) in [5.41, 5.74) is 0. The molecule has 0 atom stereocenters. The fraction of sp³-hybridized carbons (Fsp3) is 0. The van der Waals surface area contributed by atoms with Crippen LogP contribution in [0.15, 0.2) is 0 Å². The molecule has 2 N–H and O–H groups in total. The number of hydrogen-bond acceptors (Lipinski definition) is 5. The summed E-state index contributed by atoms with van der Waals surface area (Å²) in [5, 5.41) is 15.1. The average Bonchev–Trinajstić information content (AvgIpc) is 1.87. The third-order valence-corrected chi connectivity index (χ3v) is 0.436. The maximum atomic E-state index is 9.87. The Bertz CT molecular complexity index is 164. The van der Waals surface area contributed by atoms with Gasteiger partial charge in [0, 0.05) is 5.23 Å². The van der Waals surface area contributed by atoms with Gasteiger partial charge in [-0.2, -0.15) is 0 Å². The van der Waals surface area contributed by atoms with Gasteiger partial charge in [-0.25, -0.2) is 14.8 Å². The number of hydrogen-bond donors (Lipinski definition) is 2. The van der Waals surface area contributed by atoms with Crippen LogP contribution >= 0.6 is 0 Å². The van der Waals surface area contributed by atoms with E-state index < -0.39 is 17.3 Å². The van der Waals surface area contributed by atoms with Crippen LogP contribution in [0.3, 0.4) is 0 Å². The molecule has 1 amide bonds. The maximum absolute atomic E-state index is 9.87. The molecule has 0 bridgehead atoms. The molecule has 0 aliphatic rings. The van der Waals surface area contributed by atoms with Crippen LogP contribution in [-0.2, 0) is 14.4 Å². The summed E-state index contributed by atoms with van der Waals surface area (Å²) in [6.07, 6.45) is -2.18. The molecular weight excluding hydrogens is 146 g/mol. The molecule has 0 radical (unpaired) electrons. The van der Waals surface area contributed by atoms with Crippen LogP contribution in [-0.4, -0.2) is 33.9 Å². The molecule has 7 heteroatoms. The Kier molecular flexibility index (Phi) is 2.85. The summed E-state index contributed by atoms with van der Waals surface area (Å²) in [7, 11) is 0. The highest BCUT2D eigenvalue weighted by molar-refractivity contribution is 6.20. The Morgan fingerprint density at radius 1 is 1.50 bits per heavy atom. The van der Waals surface area contributed by atoms with Crippen molar-refractivity contribution in [2.24, 2.45) is 0 Å². The number of amides is 1. The average molecular weight is 149 g/mol. The van der Waals surface area contributed by atoms with Crippen LogP contribution in [0.4, 0.5) is 4.79 Å². The van der Waals surface area contributed by atoms with Crippen molar-refractivity contribution in [2.45, 2.75) is 0 Å². The van der Waals surface area contributed by atoms with Crippen molar-refractivity contribution in [3.8, 4) is 0 Å². The predicted molar refractivity (Wildman–Crippen MR) is 23.8 cm³/mol. The molecule has 10 heavy (non-hydrogen) atoms. The third kappa shape index (κ3) is 2.62. The fourth-order valence-corrected chi connectivity index (χ4v) is 0.146. The first-order chi connectivity index (χ1) is 4.57. The number of carbonyl (C=O) groups is 3. The van der Waals surface area contributed by atoms with E-state index >= 15 is 0 Å². The zero-order chi connectivity index (χ0) is 8.15. The Morgan fingerprint density at radius 2 is 2.00 bits per heavy atom. The minimum atomic E-state index is -1.89. The largest absolute Gasteiger partial charge is 0.466 e. The molecule has 0 rings (SSSR count). The molecule has 0 aliphatic heterocycles. The topological polar surface area (TPSA) is 104 Å². The van der Waals surface area contributed by atoms with Gasteiger partial charge in [0.05, 0.1) is 0 Å². The number of aldehydes is 1. The first-order valence-electron chi connectivity index (χ1n) is 1.97. The lowest BCUT2D eigenvalue weighted by Gasteiger charge is -2.05. The van der Waals surface area contributed by atoms with Gasteiger partial charge in [0.15, 0.2) is 0 Å². The smallest absolute Gasteiger partial charge is 0.461 e. The molecule has 0 heterocycles. The van der Waals surface area contributed by atoms with E-state index in [1.807, 2.05) is 0 Å². The van der Waals surface area contributed by atoms with E-state index in [1.165, 1.54) is 0 Å². The van der Waals surface area contributed by atoms with Gasteiger partial charge in [-0.15, -0.1) is 0 Å². The number of carboxylic acid groups (broad SMARTS) is 1. The number of hydroxylamine groups is 2. The molecule has 0 aromatic heterocycles. The van der Waals surface area contributed by atoms with Crippen LogP contribution in [0.1, 0.15) is 0 Å². The van der Waals surface area contributed by atoms with Crippen molar-refractivity contribution < 1.29 is 29.5 Å². The zero-order valence-electron chi connectivity index (χ0n) is 4.55. The van der Waals surface area contributed by atoms with Gasteiger partial charge in [0.2, 0.25) is 6.29 Å². The van der Waals surface area contributed by atoms with Gasteiger partial charge < -0.3 is 9.94 Å². The summed E-state index contributed by atoms with van der Waals surface area (Å²) in [6, 6.07) is 0. The highest BCUT2D eigenvalue weighted by Gasteiger charge is 2.13. The lowest BCUT2D eigenvalue weighted by molar-refractivity contribution is -0.282. The van der Waals surface area contributed by atoms with Crippen molar-refractivity contribution >= 4 is 18.3 Å². The lowest BCUT2D eigenvalue weighted by atomic mass is 10.8. The molecule has 0 unspecified atom stereocenters. The predicted octanol–water partition coefficient (Wildman–Crippen LogP) is -0.987.